The van der Waals surface area contributed by atoms with E-state index in [0.29, 0.717) is 23.0 Å². The molecule has 0 aromatic heterocycles. The molecule has 2 heterocycles. The van der Waals surface area contributed by atoms with E-state index in [1.54, 1.807) is 28.6 Å². The number of hydrogen-bond acceptors (Lipinski definition) is 3. The van der Waals surface area contributed by atoms with Gasteiger partial charge in [0.15, 0.2) is 0 Å². The molecule has 5 rings (SSSR count). The molecule has 2 atom stereocenters. The fraction of sp³-hybridized carbons (Fsp3) is 0.333. The van der Waals surface area contributed by atoms with Gasteiger partial charge in [-0.05, 0) is 73.7 Å². The number of halogens is 2. The molecule has 2 fully saturated rings. The number of anilines is 1. The first kappa shape index (κ1) is 18.5. The molecule has 28 heavy (non-hydrogen) atoms. The van der Waals surface area contributed by atoms with Crippen molar-refractivity contribution in [3.05, 3.63) is 70.2 Å². The van der Waals surface area contributed by atoms with Gasteiger partial charge in [-0.1, -0.05) is 35.4 Å². The average Bonchev–Trinajstić information content (AvgIpc) is 3.14. The Bertz CT molecular complexity index is 1100. The van der Waals surface area contributed by atoms with Crippen LogP contribution in [0.3, 0.4) is 0 Å². The lowest BCUT2D eigenvalue weighted by molar-refractivity contribution is 0.178. The molecule has 2 aromatic carbocycles. The first-order chi connectivity index (χ1) is 13.3. The highest BCUT2D eigenvalue weighted by Gasteiger charge is 2.69. The molecule has 0 bridgehead atoms. The smallest absolute Gasteiger partial charge is 0.245 e. The molecular formula is C21H20Cl2N2O2S. The minimum absolute atomic E-state index is 0.258. The summed E-state index contributed by atoms with van der Waals surface area (Å²) < 4.78 is 28.9. The highest BCUT2D eigenvalue weighted by molar-refractivity contribution is 7.89. The topological polar surface area (TPSA) is 49.4 Å². The van der Waals surface area contributed by atoms with Gasteiger partial charge in [0.25, 0.3) is 0 Å². The highest BCUT2D eigenvalue weighted by atomic mass is 35.5. The van der Waals surface area contributed by atoms with Crippen LogP contribution in [0.4, 0.5) is 5.69 Å². The van der Waals surface area contributed by atoms with E-state index < -0.39 is 21.1 Å². The summed E-state index contributed by atoms with van der Waals surface area (Å²) >= 11 is 12.3. The number of rotatable bonds is 2. The van der Waals surface area contributed by atoms with Crippen LogP contribution in [-0.2, 0) is 15.4 Å². The molecule has 2 unspecified atom stereocenters. The van der Waals surface area contributed by atoms with E-state index >= 15 is 0 Å². The van der Waals surface area contributed by atoms with Gasteiger partial charge in [-0.3, -0.25) is 0 Å². The third-order valence-corrected chi connectivity index (χ3v) is 9.06. The van der Waals surface area contributed by atoms with Gasteiger partial charge in [0.2, 0.25) is 10.0 Å². The monoisotopic (exact) mass is 434 g/mol. The fourth-order valence-corrected chi connectivity index (χ4v) is 7.57. The number of benzene rings is 2. The van der Waals surface area contributed by atoms with E-state index in [4.69, 9.17) is 23.2 Å². The predicted octanol–water partition coefficient (Wildman–Crippen LogP) is 5.19. The van der Waals surface area contributed by atoms with Crippen molar-refractivity contribution in [2.45, 2.75) is 41.7 Å². The second kappa shape index (κ2) is 5.99. The van der Waals surface area contributed by atoms with E-state index in [9.17, 15) is 8.42 Å². The molecule has 1 aliphatic carbocycles. The third kappa shape index (κ3) is 2.19. The first-order valence-electron chi connectivity index (χ1n) is 9.36. The molecule has 0 radical (unpaired) electrons. The lowest BCUT2D eigenvalue weighted by atomic mass is 9.62. The van der Waals surface area contributed by atoms with Gasteiger partial charge in [0, 0.05) is 22.3 Å². The van der Waals surface area contributed by atoms with Crippen molar-refractivity contribution in [3.8, 4) is 0 Å². The fourth-order valence-electron chi connectivity index (χ4n) is 5.50. The Kier molecular flexibility index (Phi) is 3.95. The number of nitrogens with one attached hydrogen (secondary N) is 1. The quantitative estimate of drug-likeness (QED) is 0.661. The van der Waals surface area contributed by atoms with Crippen molar-refractivity contribution in [1.82, 2.24) is 4.31 Å². The minimum atomic E-state index is -3.71. The second-order valence-electron chi connectivity index (χ2n) is 7.82. The zero-order chi connectivity index (χ0) is 19.7. The van der Waals surface area contributed by atoms with Crippen LogP contribution in [0.25, 0.3) is 0 Å². The Hall–Kier alpha value is -1.53. The van der Waals surface area contributed by atoms with E-state index in [1.165, 1.54) is 0 Å². The standard InChI is InChI=1S/C21H20Cl2N2O2S/c1-14-3-2-10-21-20(14,18-13-16(23)6-9-19(18)24-21)11-12-25(21)28(26,27)17-7-4-15(22)5-8-17/h4-9,13,24H,1-3,10-12H2. The molecule has 0 amide bonds. The van der Waals surface area contributed by atoms with Crippen LogP contribution in [0.2, 0.25) is 10.0 Å². The summed E-state index contributed by atoms with van der Waals surface area (Å²) in [6.07, 6.45) is 3.20. The molecule has 2 aromatic rings. The number of hydrogen-bond donors (Lipinski definition) is 1. The predicted molar refractivity (Wildman–Crippen MR) is 112 cm³/mol. The molecule has 0 spiro atoms. The Labute approximate surface area is 175 Å². The molecule has 1 saturated carbocycles. The van der Waals surface area contributed by atoms with Gasteiger partial charge in [-0.2, -0.15) is 4.31 Å². The summed E-state index contributed by atoms with van der Waals surface area (Å²) in [5.41, 5.74) is 1.90. The van der Waals surface area contributed by atoms with E-state index in [0.717, 1.165) is 36.1 Å². The number of fused-ring (bicyclic) bond motifs is 1. The Morgan fingerprint density at radius 2 is 1.75 bits per heavy atom. The van der Waals surface area contributed by atoms with E-state index in [-0.39, 0.29) is 4.90 Å². The van der Waals surface area contributed by atoms with Crippen LogP contribution in [0.15, 0.2) is 59.5 Å². The van der Waals surface area contributed by atoms with Crippen molar-refractivity contribution in [2.75, 3.05) is 11.9 Å². The zero-order valence-corrected chi connectivity index (χ0v) is 17.5. The van der Waals surface area contributed by atoms with Gasteiger partial charge < -0.3 is 5.32 Å². The van der Waals surface area contributed by atoms with Gasteiger partial charge in [-0.25, -0.2) is 8.42 Å². The van der Waals surface area contributed by atoms with Crippen molar-refractivity contribution in [2.24, 2.45) is 0 Å². The number of sulfonamides is 1. The normalized spacial score (nSPS) is 29.1. The zero-order valence-electron chi connectivity index (χ0n) is 15.2. The molecule has 1 N–H and O–H groups in total. The van der Waals surface area contributed by atoms with Crippen LogP contribution < -0.4 is 5.32 Å². The highest BCUT2D eigenvalue weighted by Crippen LogP contribution is 2.64. The lowest BCUT2D eigenvalue weighted by Crippen LogP contribution is -2.61. The van der Waals surface area contributed by atoms with Crippen molar-refractivity contribution in [3.63, 3.8) is 0 Å². The summed E-state index contributed by atoms with van der Waals surface area (Å²) in [6.45, 7) is 4.83. The maximum absolute atomic E-state index is 13.6. The van der Waals surface area contributed by atoms with Crippen LogP contribution in [-0.4, -0.2) is 24.9 Å². The Morgan fingerprint density at radius 1 is 1.04 bits per heavy atom. The summed E-state index contributed by atoms with van der Waals surface area (Å²) in [6, 6.07) is 12.1. The summed E-state index contributed by atoms with van der Waals surface area (Å²) in [5, 5.41) is 4.77. The van der Waals surface area contributed by atoms with Gasteiger partial charge in [-0.15, -0.1) is 0 Å². The van der Waals surface area contributed by atoms with E-state index in [1.807, 2.05) is 18.2 Å². The molecular weight excluding hydrogens is 415 g/mol. The maximum Gasteiger partial charge on any atom is 0.245 e. The SMILES string of the molecule is C=C1CCCC23Nc4ccc(Cl)cc4C12CCN3S(=O)(=O)c1ccc(Cl)cc1. The van der Waals surface area contributed by atoms with Crippen molar-refractivity contribution < 1.29 is 8.42 Å². The average molecular weight is 435 g/mol. The lowest BCUT2D eigenvalue weighted by Gasteiger charge is -2.49. The van der Waals surface area contributed by atoms with Crippen LogP contribution >= 0.6 is 23.2 Å². The molecule has 146 valence electrons. The molecule has 1 saturated heterocycles. The first-order valence-corrected chi connectivity index (χ1v) is 11.6. The summed E-state index contributed by atoms with van der Waals surface area (Å²) in [5.74, 6) is 0. The van der Waals surface area contributed by atoms with Crippen LogP contribution in [0.1, 0.15) is 31.2 Å². The van der Waals surface area contributed by atoms with Crippen LogP contribution in [0, 0.1) is 0 Å². The van der Waals surface area contributed by atoms with E-state index in [2.05, 4.69) is 11.9 Å². The van der Waals surface area contributed by atoms with Crippen LogP contribution in [0.5, 0.6) is 0 Å². The van der Waals surface area contributed by atoms with Crippen molar-refractivity contribution >= 4 is 38.9 Å². The van der Waals surface area contributed by atoms with Gasteiger partial charge in [0.05, 0.1) is 10.3 Å². The number of nitrogens with zero attached hydrogens (tertiary/aromatic N) is 1. The second-order valence-corrected chi connectivity index (χ2v) is 10.6. The molecule has 7 heteroatoms. The third-order valence-electron chi connectivity index (χ3n) is 6.63. The minimum Gasteiger partial charge on any atom is -0.365 e. The van der Waals surface area contributed by atoms with Gasteiger partial charge in [0.1, 0.15) is 5.66 Å². The molecule has 3 aliphatic rings. The molecule has 4 nitrogen and oxygen atoms in total. The van der Waals surface area contributed by atoms with Crippen molar-refractivity contribution in [1.29, 1.82) is 0 Å². The largest absolute Gasteiger partial charge is 0.365 e. The summed E-state index contributed by atoms with van der Waals surface area (Å²) in [7, 11) is -3.71. The summed E-state index contributed by atoms with van der Waals surface area (Å²) in [4.78, 5) is 0.258. The maximum atomic E-state index is 13.6. The van der Waals surface area contributed by atoms with Gasteiger partial charge >= 0.3 is 0 Å². The Morgan fingerprint density at radius 3 is 2.50 bits per heavy atom. The molecule has 2 aliphatic heterocycles. The Balaban J connectivity index is 1.70.